The highest BCUT2D eigenvalue weighted by molar-refractivity contribution is 6.76. The Morgan fingerprint density at radius 3 is 2.75 bits per heavy atom. The van der Waals surface area contributed by atoms with Gasteiger partial charge in [-0.05, 0) is 19.0 Å². The molecular weight excluding hydrogens is 326 g/mol. The summed E-state index contributed by atoms with van der Waals surface area (Å²) >= 11 is 0. The zero-order chi connectivity index (χ0) is 17.7. The maximum Gasteiger partial charge on any atom is 0.325 e. The second kappa shape index (κ2) is 7.76. The van der Waals surface area contributed by atoms with Crippen molar-refractivity contribution in [3.63, 3.8) is 0 Å². The molecule has 8 heteroatoms. The van der Waals surface area contributed by atoms with Gasteiger partial charge in [0, 0.05) is 20.9 Å². The monoisotopic (exact) mass is 351 g/mol. The summed E-state index contributed by atoms with van der Waals surface area (Å²) in [6.45, 7) is 9.76. The molecule has 2 rings (SSSR count). The molecule has 0 fully saturated rings. The molecule has 0 aliphatic rings. The highest BCUT2D eigenvalue weighted by Gasteiger charge is 2.13. The summed E-state index contributed by atoms with van der Waals surface area (Å²) in [5, 5.41) is 4.66. The maximum absolute atomic E-state index is 12.4. The first-order chi connectivity index (χ1) is 11.3. The number of nitrogens with zero attached hydrogens (tertiary/aromatic N) is 3. The third-order valence-corrected chi connectivity index (χ3v) is 5.31. The van der Waals surface area contributed by atoms with E-state index in [2.05, 4.69) is 24.7 Å². The Bertz CT molecular complexity index is 761. The second-order valence-corrected chi connectivity index (χ2v) is 12.5. The van der Waals surface area contributed by atoms with Crippen LogP contribution < -0.4 is 5.56 Å². The molecule has 0 bridgehead atoms. The molecule has 0 unspecified atom stereocenters. The summed E-state index contributed by atoms with van der Waals surface area (Å²) in [7, 11) is -1.15. The van der Waals surface area contributed by atoms with Crippen molar-refractivity contribution in [1.29, 1.82) is 0 Å². The minimum Gasteiger partial charge on any atom is -0.465 e. The van der Waals surface area contributed by atoms with Crippen molar-refractivity contribution in [2.45, 2.75) is 45.9 Å². The van der Waals surface area contributed by atoms with Crippen LogP contribution in [0, 0.1) is 0 Å². The van der Waals surface area contributed by atoms with Gasteiger partial charge in [0.05, 0.1) is 23.7 Å². The van der Waals surface area contributed by atoms with Crippen LogP contribution in [0.15, 0.2) is 23.3 Å². The molecule has 132 valence electrons. The van der Waals surface area contributed by atoms with Gasteiger partial charge in [0.2, 0.25) is 0 Å². The Balaban J connectivity index is 2.08. The van der Waals surface area contributed by atoms with Crippen LogP contribution in [0.25, 0.3) is 10.9 Å². The first-order valence-electron chi connectivity index (χ1n) is 8.10. The number of hydrogen-bond donors (Lipinski definition) is 0. The van der Waals surface area contributed by atoms with Gasteiger partial charge in [-0.2, -0.15) is 5.10 Å². The summed E-state index contributed by atoms with van der Waals surface area (Å²) in [5.41, 5.74) is 0.398. The van der Waals surface area contributed by atoms with Crippen molar-refractivity contribution in [3.05, 3.63) is 28.8 Å². The molecule has 0 saturated carbocycles. The van der Waals surface area contributed by atoms with Gasteiger partial charge < -0.3 is 14.0 Å². The molecule has 0 aliphatic carbocycles. The summed E-state index contributed by atoms with van der Waals surface area (Å²) < 4.78 is 13.5. The predicted molar refractivity (Wildman–Crippen MR) is 94.7 cm³/mol. The number of carbonyl (C=O) groups is 1. The van der Waals surface area contributed by atoms with Gasteiger partial charge in [-0.15, -0.1) is 0 Å². The zero-order valence-corrected chi connectivity index (χ0v) is 15.7. The van der Waals surface area contributed by atoms with Gasteiger partial charge in [0.1, 0.15) is 13.3 Å². The van der Waals surface area contributed by atoms with Gasteiger partial charge in [-0.1, -0.05) is 19.6 Å². The van der Waals surface area contributed by atoms with Gasteiger partial charge in [0.25, 0.3) is 5.56 Å². The predicted octanol–water partition coefficient (Wildman–Crippen LogP) is 2.07. The van der Waals surface area contributed by atoms with Crippen LogP contribution in [0.1, 0.15) is 6.92 Å². The summed E-state index contributed by atoms with van der Waals surface area (Å²) in [4.78, 5) is 24.0. The second-order valence-electron chi connectivity index (χ2n) is 6.84. The number of rotatable bonds is 8. The summed E-state index contributed by atoms with van der Waals surface area (Å²) in [5.74, 6) is -0.339. The Kier molecular flexibility index (Phi) is 5.95. The van der Waals surface area contributed by atoms with Gasteiger partial charge in [-0.3, -0.25) is 9.59 Å². The fraction of sp³-hybridized carbons (Fsp3) is 0.562. The Morgan fingerprint density at radius 1 is 1.33 bits per heavy atom. The molecule has 2 aromatic heterocycles. The molecular formula is C16H25N3O4Si. The molecule has 0 amide bonds. The van der Waals surface area contributed by atoms with Gasteiger partial charge in [0.15, 0.2) is 0 Å². The van der Waals surface area contributed by atoms with Crippen LogP contribution in [0.4, 0.5) is 0 Å². The highest BCUT2D eigenvalue weighted by Crippen LogP contribution is 2.11. The van der Waals surface area contributed by atoms with Crippen molar-refractivity contribution >= 4 is 24.9 Å². The smallest absolute Gasteiger partial charge is 0.325 e. The highest BCUT2D eigenvalue weighted by atomic mass is 28.3. The quantitative estimate of drug-likeness (QED) is 0.413. The largest absolute Gasteiger partial charge is 0.465 e. The lowest BCUT2D eigenvalue weighted by Gasteiger charge is -2.15. The first kappa shape index (κ1) is 18.4. The van der Waals surface area contributed by atoms with E-state index in [1.807, 2.05) is 0 Å². The van der Waals surface area contributed by atoms with Crippen molar-refractivity contribution in [2.24, 2.45) is 0 Å². The number of esters is 1. The summed E-state index contributed by atoms with van der Waals surface area (Å²) in [6, 6.07) is 2.73. The lowest BCUT2D eigenvalue weighted by atomic mass is 10.3. The van der Waals surface area contributed by atoms with E-state index in [4.69, 9.17) is 9.47 Å². The number of fused-ring (bicyclic) bond motifs is 1. The minimum atomic E-state index is -1.15. The summed E-state index contributed by atoms with van der Waals surface area (Å²) in [6.07, 6.45) is 3.28. The number of hydrogen-bond acceptors (Lipinski definition) is 5. The van der Waals surface area contributed by atoms with Crippen LogP contribution >= 0.6 is 0 Å². The fourth-order valence-electron chi connectivity index (χ4n) is 2.23. The normalized spacial score (nSPS) is 11.8. The van der Waals surface area contributed by atoms with Crippen molar-refractivity contribution in [2.75, 3.05) is 13.2 Å². The standard InChI is InChI=1S/C16H25N3O4Si/c1-5-23-15(20)11-18-7-6-13-14(18)10-17-19(16(13)21)12-22-8-9-24(2,3)4/h6-7,10H,5,8-9,11-12H2,1-4H3. The molecule has 24 heavy (non-hydrogen) atoms. The average Bonchev–Trinajstić information content (AvgIpc) is 2.88. The van der Waals surface area contributed by atoms with Crippen molar-refractivity contribution in [3.8, 4) is 0 Å². The number of carbonyl (C=O) groups excluding carboxylic acids is 1. The van der Waals surface area contributed by atoms with E-state index < -0.39 is 8.07 Å². The van der Waals surface area contributed by atoms with Crippen molar-refractivity contribution in [1.82, 2.24) is 14.3 Å². The lowest BCUT2D eigenvalue weighted by Crippen LogP contribution is -2.26. The number of ether oxygens (including phenoxy) is 2. The zero-order valence-electron chi connectivity index (χ0n) is 14.7. The van der Waals surface area contributed by atoms with E-state index in [1.165, 1.54) is 4.68 Å². The third-order valence-electron chi connectivity index (χ3n) is 3.61. The molecule has 2 aromatic rings. The van der Waals surface area contributed by atoms with E-state index in [9.17, 15) is 9.59 Å². The van der Waals surface area contributed by atoms with E-state index in [0.717, 1.165) is 6.04 Å². The Hall–Kier alpha value is -1.93. The van der Waals surface area contributed by atoms with Crippen LogP contribution in [-0.4, -0.2) is 41.6 Å². The minimum absolute atomic E-state index is 0.0647. The maximum atomic E-state index is 12.4. The molecule has 0 saturated heterocycles. The first-order valence-corrected chi connectivity index (χ1v) is 11.8. The molecule has 0 N–H and O–H groups in total. The van der Waals surface area contributed by atoms with Crippen LogP contribution in [0.3, 0.4) is 0 Å². The molecule has 2 heterocycles. The van der Waals surface area contributed by atoms with E-state index in [0.29, 0.717) is 24.1 Å². The lowest BCUT2D eigenvalue weighted by molar-refractivity contribution is -0.143. The molecule has 0 aromatic carbocycles. The average molecular weight is 351 g/mol. The van der Waals surface area contributed by atoms with E-state index in [-0.39, 0.29) is 24.8 Å². The van der Waals surface area contributed by atoms with Gasteiger partial charge in [-0.25, -0.2) is 4.68 Å². The molecule has 0 spiro atoms. The Labute approximate surface area is 142 Å². The molecule has 7 nitrogen and oxygen atoms in total. The van der Waals surface area contributed by atoms with E-state index >= 15 is 0 Å². The Morgan fingerprint density at radius 2 is 2.08 bits per heavy atom. The SMILES string of the molecule is CCOC(=O)Cn1ccc2c(=O)n(COCC[Si](C)(C)C)ncc21. The van der Waals surface area contributed by atoms with Crippen LogP contribution in [0.2, 0.25) is 25.7 Å². The number of aromatic nitrogens is 3. The van der Waals surface area contributed by atoms with Crippen molar-refractivity contribution < 1.29 is 14.3 Å². The molecule has 0 radical (unpaired) electrons. The topological polar surface area (TPSA) is 75.3 Å². The molecule has 0 aliphatic heterocycles. The van der Waals surface area contributed by atoms with Crippen LogP contribution in [-0.2, 0) is 27.5 Å². The third kappa shape index (κ3) is 4.78. The van der Waals surface area contributed by atoms with Gasteiger partial charge >= 0.3 is 5.97 Å². The van der Waals surface area contributed by atoms with E-state index in [1.54, 1.807) is 30.0 Å². The van der Waals surface area contributed by atoms with Crippen LogP contribution in [0.5, 0.6) is 0 Å². The molecule has 0 atom stereocenters. The fourth-order valence-corrected chi connectivity index (χ4v) is 2.99.